The normalized spacial score (nSPS) is 15.8. The van der Waals surface area contributed by atoms with Crippen molar-refractivity contribution in [2.75, 3.05) is 13.7 Å². The lowest BCUT2D eigenvalue weighted by molar-refractivity contribution is -0.122. The topological polar surface area (TPSA) is 51.1 Å². The fourth-order valence-electron chi connectivity index (χ4n) is 3.46. The second kappa shape index (κ2) is 11.7. The zero-order chi connectivity index (χ0) is 24.8. The van der Waals surface area contributed by atoms with Gasteiger partial charge in [-0.3, -0.25) is 9.69 Å². The molecule has 1 aliphatic heterocycles. The van der Waals surface area contributed by atoms with Crippen molar-refractivity contribution in [3.05, 3.63) is 92.8 Å². The van der Waals surface area contributed by atoms with Crippen molar-refractivity contribution in [3.8, 4) is 11.5 Å². The number of hydrogen-bond donors (Lipinski definition) is 0. The van der Waals surface area contributed by atoms with Crippen LogP contribution >= 0.6 is 35.0 Å². The molecule has 5 nitrogen and oxygen atoms in total. The van der Waals surface area contributed by atoms with E-state index in [1.54, 1.807) is 24.1 Å². The molecular weight excluding hydrogens is 503 g/mol. The van der Waals surface area contributed by atoms with Crippen LogP contribution in [-0.2, 0) is 11.4 Å². The molecule has 0 atom stereocenters. The summed E-state index contributed by atoms with van der Waals surface area (Å²) in [6, 6.07) is 20.5. The maximum atomic E-state index is 13.1. The van der Waals surface area contributed by atoms with Gasteiger partial charge in [-0.1, -0.05) is 60.5 Å². The van der Waals surface area contributed by atoms with Crippen LogP contribution in [0.3, 0.4) is 0 Å². The van der Waals surface area contributed by atoms with Crippen molar-refractivity contribution in [2.45, 2.75) is 20.0 Å². The maximum Gasteiger partial charge on any atom is 0.266 e. The number of carbonyl (C=O) groups excluding carboxylic acids is 1. The number of halogens is 2. The number of methoxy groups -OCH3 is 1. The Morgan fingerprint density at radius 2 is 1.83 bits per heavy atom. The number of rotatable bonds is 8. The van der Waals surface area contributed by atoms with E-state index in [2.05, 4.69) is 0 Å². The standard InChI is InChI=1S/C27H24Cl2N2O3S/c1-3-13-31-26(32)25(35-27(31)30-21-7-5-4-6-8-21)15-18-9-12-23(24(14-18)33-2)34-17-19-10-11-20(28)16-22(19)29/h4-12,14-16H,3,13,17H2,1-2H3/b25-15+,30-27?. The molecule has 0 N–H and O–H groups in total. The number of thioether (sulfide) groups is 1. The first kappa shape index (κ1) is 25.2. The first-order chi connectivity index (χ1) is 17.0. The van der Waals surface area contributed by atoms with Crippen LogP contribution in [0.4, 0.5) is 5.69 Å². The quantitative estimate of drug-likeness (QED) is 0.283. The van der Waals surface area contributed by atoms with E-state index >= 15 is 0 Å². The third-order valence-electron chi connectivity index (χ3n) is 5.20. The Balaban J connectivity index is 1.55. The summed E-state index contributed by atoms with van der Waals surface area (Å²) in [5, 5.41) is 1.79. The van der Waals surface area contributed by atoms with Crippen molar-refractivity contribution in [2.24, 2.45) is 4.99 Å². The van der Waals surface area contributed by atoms with Crippen LogP contribution < -0.4 is 9.47 Å². The number of ether oxygens (including phenoxy) is 2. The SMILES string of the molecule is CCCN1C(=O)/C(=C\c2ccc(OCc3ccc(Cl)cc3Cl)c(OC)c2)SC1=Nc1ccccc1. The van der Waals surface area contributed by atoms with E-state index in [9.17, 15) is 4.79 Å². The van der Waals surface area contributed by atoms with E-state index in [0.717, 1.165) is 23.2 Å². The Labute approximate surface area is 219 Å². The van der Waals surface area contributed by atoms with Crippen LogP contribution in [0.5, 0.6) is 11.5 Å². The minimum atomic E-state index is -0.0526. The van der Waals surface area contributed by atoms with Gasteiger partial charge in [0.1, 0.15) is 6.61 Å². The Kier molecular flexibility index (Phi) is 8.39. The van der Waals surface area contributed by atoms with E-state index in [1.807, 2.05) is 67.6 Å². The summed E-state index contributed by atoms with van der Waals surface area (Å²) in [7, 11) is 1.58. The van der Waals surface area contributed by atoms with Crippen LogP contribution in [0.15, 0.2) is 76.6 Å². The van der Waals surface area contributed by atoms with Gasteiger partial charge in [0.05, 0.1) is 17.7 Å². The molecule has 1 amide bonds. The summed E-state index contributed by atoms with van der Waals surface area (Å²) in [4.78, 5) is 20.1. The highest BCUT2D eigenvalue weighted by Gasteiger charge is 2.32. The third kappa shape index (κ3) is 6.20. The number of benzene rings is 3. The van der Waals surface area contributed by atoms with E-state index in [4.69, 9.17) is 37.7 Å². The van der Waals surface area contributed by atoms with Crippen LogP contribution in [0.2, 0.25) is 10.0 Å². The van der Waals surface area contributed by atoms with Crippen molar-refractivity contribution in [1.29, 1.82) is 0 Å². The number of amidine groups is 1. The molecule has 0 aromatic heterocycles. The first-order valence-electron chi connectivity index (χ1n) is 11.1. The molecule has 1 heterocycles. The van der Waals surface area contributed by atoms with Crippen molar-refractivity contribution in [3.63, 3.8) is 0 Å². The predicted molar refractivity (Wildman–Crippen MR) is 145 cm³/mol. The molecule has 35 heavy (non-hydrogen) atoms. The maximum absolute atomic E-state index is 13.1. The van der Waals surface area contributed by atoms with Gasteiger partial charge in [-0.25, -0.2) is 4.99 Å². The zero-order valence-electron chi connectivity index (χ0n) is 19.3. The Hall–Kier alpha value is -2.93. The number of nitrogens with zero attached hydrogens (tertiary/aromatic N) is 2. The molecule has 4 rings (SSSR count). The molecule has 1 aliphatic rings. The molecule has 3 aromatic rings. The van der Waals surface area contributed by atoms with Gasteiger partial charge in [0.2, 0.25) is 0 Å². The number of amides is 1. The molecule has 0 aliphatic carbocycles. The largest absolute Gasteiger partial charge is 0.493 e. The number of aliphatic imine (C=N–C) groups is 1. The highest BCUT2D eigenvalue weighted by atomic mass is 35.5. The van der Waals surface area contributed by atoms with E-state index in [1.165, 1.54) is 11.8 Å². The molecule has 0 spiro atoms. The first-order valence-corrected chi connectivity index (χ1v) is 12.7. The van der Waals surface area contributed by atoms with Gasteiger partial charge in [0.15, 0.2) is 16.7 Å². The Morgan fingerprint density at radius 1 is 1.03 bits per heavy atom. The van der Waals surface area contributed by atoms with Gasteiger partial charge in [0.25, 0.3) is 5.91 Å². The summed E-state index contributed by atoms with van der Waals surface area (Å²) in [6.45, 7) is 2.92. The fourth-order valence-corrected chi connectivity index (χ4v) is 4.95. The lowest BCUT2D eigenvalue weighted by Gasteiger charge is -2.14. The van der Waals surface area contributed by atoms with Crippen LogP contribution in [0.25, 0.3) is 6.08 Å². The molecule has 1 saturated heterocycles. The van der Waals surface area contributed by atoms with Crippen molar-refractivity contribution >= 4 is 57.8 Å². The highest BCUT2D eigenvalue weighted by Crippen LogP contribution is 2.36. The minimum Gasteiger partial charge on any atom is -0.493 e. The molecule has 0 unspecified atom stereocenters. The smallest absolute Gasteiger partial charge is 0.266 e. The summed E-state index contributed by atoms with van der Waals surface area (Å²) < 4.78 is 11.5. The predicted octanol–water partition coefficient (Wildman–Crippen LogP) is 7.60. The van der Waals surface area contributed by atoms with E-state index in [0.29, 0.717) is 38.2 Å². The van der Waals surface area contributed by atoms with Gasteiger partial charge >= 0.3 is 0 Å². The average Bonchev–Trinajstić information content (AvgIpc) is 3.13. The number of carbonyl (C=O) groups is 1. The summed E-state index contributed by atoms with van der Waals surface area (Å²) in [5.74, 6) is 1.08. The molecule has 0 saturated carbocycles. The van der Waals surface area contributed by atoms with Gasteiger partial charge in [0, 0.05) is 22.2 Å². The van der Waals surface area contributed by atoms with Gasteiger partial charge < -0.3 is 9.47 Å². The highest BCUT2D eigenvalue weighted by molar-refractivity contribution is 8.18. The van der Waals surface area contributed by atoms with Gasteiger partial charge in [-0.15, -0.1) is 0 Å². The van der Waals surface area contributed by atoms with Crippen molar-refractivity contribution < 1.29 is 14.3 Å². The number of hydrogen-bond acceptors (Lipinski definition) is 5. The van der Waals surface area contributed by atoms with Gasteiger partial charge in [-0.05, 0) is 66.2 Å². The summed E-state index contributed by atoms with van der Waals surface area (Å²) in [5.41, 5.74) is 2.46. The summed E-state index contributed by atoms with van der Waals surface area (Å²) in [6.07, 6.45) is 2.69. The summed E-state index contributed by atoms with van der Waals surface area (Å²) >= 11 is 13.6. The zero-order valence-corrected chi connectivity index (χ0v) is 21.7. The molecule has 8 heteroatoms. The van der Waals surface area contributed by atoms with E-state index in [-0.39, 0.29) is 12.5 Å². The Bertz CT molecular complexity index is 1280. The number of para-hydroxylation sites is 1. The second-order valence-electron chi connectivity index (χ2n) is 7.73. The molecule has 0 radical (unpaired) electrons. The molecule has 180 valence electrons. The molecule has 1 fully saturated rings. The Morgan fingerprint density at radius 3 is 2.54 bits per heavy atom. The lowest BCUT2D eigenvalue weighted by atomic mass is 10.1. The van der Waals surface area contributed by atoms with Crippen LogP contribution in [0.1, 0.15) is 24.5 Å². The van der Waals surface area contributed by atoms with Crippen LogP contribution in [-0.4, -0.2) is 29.6 Å². The fraction of sp³-hybridized carbons (Fsp3) is 0.185. The van der Waals surface area contributed by atoms with Gasteiger partial charge in [-0.2, -0.15) is 0 Å². The average molecular weight is 527 g/mol. The minimum absolute atomic E-state index is 0.0526. The lowest BCUT2D eigenvalue weighted by Crippen LogP contribution is -2.29. The second-order valence-corrected chi connectivity index (χ2v) is 9.58. The molecular formula is C27H24Cl2N2O3S. The monoisotopic (exact) mass is 526 g/mol. The molecule has 3 aromatic carbocycles. The van der Waals surface area contributed by atoms with E-state index < -0.39 is 0 Å². The van der Waals surface area contributed by atoms with Crippen LogP contribution in [0, 0.1) is 0 Å². The molecule has 0 bridgehead atoms. The third-order valence-corrected chi connectivity index (χ3v) is 6.79. The van der Waals surface area contributed by atoms with Crippen molar-refractivity contribution in [1.82, 2.24) is 4.90 Å².